The Morgan fingerprint density at radius 3 is 2.64 bits per heavy atom. The van der Waals surface area contributed by atoms with Crippen LogP contribution >= 0.6 is 11.8 Å². The molecule has 2 aromatic rings. The molecule has 0 aromatic heterocycles. The maximum absolute atomic E-state index is 12.3. The van der Waals surface area contributed by atoms with Crippen molar-refractivity contribution in [3.63, 3.8) is 0 Å². The predicted molar refractivity (Wildman–Crippen MR) is 105 cm³/mol. The van der Waals surface area contributed by atoms with E-state index in [1.165, 1.54) is 23.9 Å². The van der Waals surface area contributed by atoms with Gasteiger partial charge in [0.05, 0.1) is 11.7 Å². The highest BCUT2D eigenvalue weighted by molar-refractivity contribution is 7.99. The molecular weight excluding hydrogens is 388 g/mol. The maximum Gasteiger partial charge on any atom is 0.387 e. The molecule has 0 radical (unpaired) electrons. The normalized spacial score (nSPS) is 11.7. The molecule has 3 amide bonds. The van der Waals surface area contributed by atoms with Crippen LogP contribution in [-0.2, 0) is 4.79 Å². The largest absolute Gasteiger partial charge is 0.435 e. The first kappa shape index (κ1) is 21.5. The molecule has 0 bridgehead atoms. The second-order valence-electron chi connectivity index (χ2n) is 5.83. The lowest BCUT2D eigenvalue weighted by Gasteiger charge is -2.17. The van der Waals surface area contributed by atoms with Crippen molar-refractivity contribution in [3.05, 3.63) is 54.1 Å². The summed E-state index contributed by atoms with van der Waals surface area (Å²) in [6.07, 6.45) is 0.235. The van der Waals surface area contributed by atoms with Gasteiger partial charge in [0.2, 0.25) is 5.91 Å². The summed E-state index contributed by atoms with van der Waals surface area (Å²) in [7, 11) is 0. The lowest BCUT2D eigenvalue weighted by molar-refractivity contribution is -0.117. The van der Waals surface area contributed by atoms with Crippen molar-refractivity contribution in [1.29, 1.82) is 0 Å². The summed E-state index contributed by atoms with van der Waals surface area (Å²) in [5.41, 5.74) is 6.36. The SMILES string of the molecule is CC(NC(=O)Nc1ccccc1SCCC(N)=O)c1cccc(OC(F)F)c1. The minimum absolute atomic E-state index is 0.0257. The fourth-order valence-corrected chi connectivity index (χ4v) is 3.33. The lowest BCUT2D eigenvalue weighted by Crippen LogP contribution is -2.31. The molecule has 0 saturated carbocycles. The summed E-state index contributed by atoms with van der Waals surface area (Å²) < 4.78 is 29.1. The third-order valence-electron chi connectivity index (χ3n) is 3.67. The standard InChI is InChI=1S/C19H21F2N3O3S/c1-12(13-5-4-6-14(11-13)27-18(20)21)23-19(26)24-15-7-2-3-8-16(15)28-10-9-17(22)25/h2-8,11-12,18H,9-10H2,1H3,(H2,22,25)(H2,23,24,26). The monoisotopic (exact) mass is 409 g/mol. The van der Waals surface area contributed by atoms with Crippen molar-refractivity contribution < 1.29 is 23.1 Å². The molecule has 1 unspecified atom stereocenters. The van der Waals surface area contributed by atoms with E-state index in [-0.39, 0.29) is 18.1 Å². The number of ether oxygens (including phenoxy) is 1. The number of amides is 3. The molecule has 2 rings (SSSR count). The van der Waals surface area contributed by atoms with E-state index in [9.17, 15) is 18.4 Å². The number of nitrogens with one attached hydrogen (secondary N) is 2. The van der Waals surface area contributed by atoms with Crippen LogP contribution in [-0.4, -0.2) is 24.3 Å². The second kappa shape index (κ2) is 10.5. The summed E-state index contributed by atoms with van der Waals surface area (Å²) in [6.45, 7) is -1.18. The molecule has 0 aliphatic heterocycles. The number of nitrogens with two attached hydrogens (primary N) is 1. The average molecular weight is 409 g/mol. The van der Waals surface area contributed by atoms with Gasteiger partial charge in [0.15, 0.2) is 0 Å². The van der Waals surface area contributed by atoms with E-state index in [1.54, 1.807) is 31.2 Å². The fraction of sp³-hybridized carbons (Fsp3) is 0.263. The molecule has 0 spiro atoms. The zero-order chi connectivity index (χ0) is 20.5. The van der Waals surface area contributed by atoms with E-state index in [4.69, 9.17) is 5.73 Å². The first-order chi connectivity index (χ1) is 13.3. The highest BCUT2D eigenvalue weighted by Crippen LogP contribution is 2.27. The van der Waals surface area contributed by atoms with Crippen LogP contribution in [0.15, 0.2) is 53.4 Å². The van der Waals surface area contributed by atoms with Crippen LogP contribution in [0.5, 0.6) is 5.75 Å². The lowest BCUT2D eigenvalue weighted by atomic mass is 10.1. The van der Waals surface area contributed by atoms with Crippen molar-refractivity contribution in [2.24, 2.45) is 5.73 Å². The van der Waals surface area contributed by atoms with Gasteiger partial charge in [-0.05, 0) is 36.8 Å². The Hall–Kier alpha value is -2.81. The first-order valence-electron chi connectivity index (χ1n) is 8.47. The number of carbonyl (C=O) groups is 2. The van der Waals surface area contributed by atoms with Gasteiger partial charge in [-0.15, -0.1) is 11.8 Å². The van der Waals surface area contributed by atoms with Gasteiger partial charge >= 0.3 is 12.6 Å². The van der Waals surface area contributed by atoms with Crippen LogP contribution in [0.25, 0.3) is 0 Å². The molecule has 28 heavy (non-hydrogen) atoms. The van der Waals surface area contributed by atoms with E-state index in [0.717, 1.165) is 4.90 Å². The molecule has 9 heteroatoms. The second-order valence-corrected chi connectivity index (χ2v) is 6.97. The van der Waals surface area contributed by atoms with Gasteiger partial charge < -0.3 is 21.1 Å². The Kier molecular flexibility index (Phi) is 8.06. The summed E-state index contributed by atoms with van der Waals surface area (Å²) in [5, 5.41) is 5.51. The maximum atomic E-state index is 12.3. The molecule has 0 fully saturated rings. The van der Waals surface area contributed by atoms with E-state index < -0.39 is 18.7 Å². The fourth-order valence-electron chi connectivity index (χ4n) is 2.36. The van der Waals surface area contributed by atoms with Crippen LogP contribution < -0.4 is 21.1 Å². The molecule has 4 N–H and O–H groups in total. The molecule has 0 aliphatic rings. The first-order valence-corrected chi connectivity index (χ1v) is 9.46. The number of hydrogen-bond acceptors (Lipinski definition) is 4. The number of urea groups is 1. The van der Waals surface area contributed by atoms with Gasteiger partial charge in [0, 0.05) is 17.1 Å². The van der Waals surface area contributed by atoms with Crippen LogP contribution in [0.4, 0.5) is 19.3 Å². The molecule has 0 aliphatic carbocycles. The minimum Gasteiger partial charge on any atom is -0.435 e. The topological polar surface area (TPSA) is 93.5 Å². The Labute approximate surface area is 165 Å². The number of halogens is 2. The van der Waals surface area contributed by atoms with E-state index >= 15 is 0 Å². The number of anilines is 1. The van der Waals surface area contributed by atoms with Gasteiger partial charge in [-0.2, -0.15) is 8.78 Å². The Bertz CT molecular complexity index is 821. The Morgan fingerprint density at radius 2 is 1.93 bits per heavy atom. The number of benzene rings is 2. The zero-order valence-corrected chi connectivity index (χ0v) is 16.0. The van der Waals surface area contributed by atoms with Gasteiger partial charge in [-0.25, -0.2) is 4.79 Å². The minimum atomic E-state index is -2.91. The van der Waals surface area contributed by atoms with E-state index in [2.05, 4.69) is 15.4 Å². The third-order valence-corrected chi connectivity index (χ3v) is 4.75. The quantitative estimate of drug-likeness (QED) is 0.543. The molecule has 0 saturated heterocycles. The molecule has 2 aromatic carbocycles. The number of carbonyl (C=O) groups excluding carboxylic acids is 2. The number of primary amides is 1. The highest BCUT2D eigenvalue weighted by atomic mass is 32.2. The van der Waals surface area contributed by atoms with Crippen LogP contribution in [0.1, 0.15) is 24.9 Å². The van der Waals surface area contributed by atoms with Crippen molar-refractivity contribution in [1.82, 2.24) is 5.32 Å². The molecule has 150 valence electrons. The third kappa shape index (κ3) is 7.07. The zero-order valence-electron chi connectivity index (χ0n) is 15.2. The van der Waals surface area contributed by atoms with Crippen LogP contribution in [0, 0.1) is 0 Å². The number of hydrogen-bond donors (Lipinski definition) is 3. The number of alkyl halides is 2. The van der Waals surface area contributed by atoms with Crippen molar-refractivity contribution in [3.8, 4) is 5.75 Å². The average Bonchev–Trinajstić information content (AvgIpc) is 2.62. The van der Waals surface area contributed by atoms with E-state index in [1.807, 2.05) is 12.1 Å². The van der Waals surface area contributed by atoms with Crippen LogP contribution in [0.3, 0.4) is 0 Å². The molecule has 1 atom stereocenters. The summed E-state index contributed by atoms with van der Waals surface area (Å²) >= 11 is 1.41. The van der Waals surface area contributed by atoms with Crippen molar-refractivity contribution >= 4 is 29.4 Å². The van der Waals surface area contributed by atoms with Crippen molar-refractivity contribution in [2.75, 3.05) is 11.1 Å². The van der Waals surface area contributed by atoms with Crippen molar-refractivity contribution in [2.45, 2.75) is 30.9 Å². The van der Waals surface area contributed by atoms with Gasteiger partial charge in [0.25, 0.3) is 0 Å². The Morgan fingerprint density at radius 1 is 1.18 bits per heavy atom. The van der Waals surface area contributed by atoms with Crippen LogP contribution in [0.2, 0.25) is 0 Å². The number of para-hydroxylation sites is 1. The van der Waals surface area contributed by atoms with Gasteiger partial charge in [0.1, 0.15) is 5.75 Å². The van der Waals surface area contributed by atoms with E-state index in [0.29, 0.717) is 17.0 Å². The molecular formula is C19H21F2N3O3S. The number of rotatable bonds is 9. The van der Waals surface area contributed by atoms with Gasteiger partial charge in [-0.1, -0.05) is 24.3 Å². The highest BCUT2D eigenvalue weighted by Gasteiger charge is 2.13. The Balaban J connectivity index is 1.97. The predicted octanol–water partition coefficient (Wildman–Crippen LogP) is 4.14. The summed E-state index contributed by atoms with van der Waals surface area (Å²) in [5.74, 6) is 0.142. The summed E-state index contributed by atoms with van der Waals surface area (Å²) in [6, 6.07) is 12.4. The number of thioether (sulfide) groups is 1. The smallest absolute Gasteiger partial charge is 0.387 e. The molecule has 0 heterocycles. The molecule has 6 nitrogen and oxygen atoms in total. The summed E-state index contributed by atoms with van der Waals surface area (Å²) in [4.78, 5) is 24.0. The van der Waals surface area contributed by atoms with Gasteiger partial charge in [-0.3, -0.25) is 4.79 Å².